The van der Waals surface area contributed by atoms with E-state index in [1.165, 1.54) is 0 Å². The summed E-state index contributed by atoms with van der Waals surface area (Å²) in [5.74, 6) is -0.0525. The highest BCUT2D eigenvalue weighted by atomic mass is 32.1. The molecule has 124 valence electrons. The third-order valence-corrected chi connectivity index (χ3v) is 4.69. The van der Waals surface area contributed by atoms with Gasteiger partial charge in [0.05, 0.1) is 23.1 Å². The minimum Gasteiger partial charge on any atom is -0.350 e. The Morgan fingerprint density at radius 1 is 1.12 bits per heavy atom. The minimum absolute atomic E-state index is 0.0525. The van der Waals surface area contributed by atoms with Gasteiger partial charge in [-0.2, -0.15) is 11.3 Å². The standard InChI is InChI=1S/C19H16N4OS/c24-18(11-23-13-22-16-5-1-2-6-17(16)23)21-10-14-4-3-8-20-19(14)15-7-9-25-12-15/h1-9,12-13H,10-11H2,(H,21,24). The molecule has 0 atom stereocenters. The summed E-state index contributed by atoms with van der Waals surface area (Å²) in [6.07, 6.45) is 3.47. The van der Waals surface area contributed by atoms with Gasteiger partial charge in [0.2, 0.25) is 5.91 Å². The van der Waals surface area contributed by atoms with Crippen LogP contribution in [0, 0.1) is 0 Å². The molecule has 1 N–H and O–H groups in total. The Labute approximate surface area is 149 Å². The van der Waals surface area contributed by atoms with E-state index in [0.29, 0.717) is 6.54 Å². The molecule has 0 aliphatic carbocycles. The van der Waals surface area contributed by atoms with Gasteiger partial charge in [0.25, 0.3) is 0 Å². The number of aromatic nitrogens is 3. The average Bonchev–Trinajstić information content (AvgIpc) is 3.31. The summed E-state index contributed by atoms with van der Waals surface area (Å²) >= 11 is 1.63. The highest BCUT2D eigenvalue weighted by molar-refractivity contribution is 7.08. The summed E-state index contributed by atoms with van der Waals surface area (Å²) in [5, 5.41) is 7.07. The van der Waals surface area contributed by atoms with E-state index in [2.05, 4.69) is 20.7 Å². The first-order chi connectivity index (χ1) is 12.3. The summed E-state index contributed by atoms with van der Waals surface area (Å²) in [7, 11) is 0. The van der Waals surface area contributed by atoms with Gasteiger partial charge >= 0.3 is 0 Å². The van der Waals surface area contributed by atoms with Crippen molar-refractivity contribution in [2.45, 2.75) is 13.1 Å². The van der Waals surface area contributed by atoms with Crippen LogP contribution in [0.4, 0.5) is 0 Å². The predicted octanol–water partition coefficient (Wildman–Crippen LogP) is 3.48. The van der Waals surface area contributed by atoms with E-state index >= 15 is 0 Å². The van der Waals surface area contributed by atoms with Gasteiger partial charge < -0.3 is 9.88 Å². The molecular formula is C19H16N4OS. The number of nitrogens with zero attached hydrogens (tertiary/aromatic N) is 3. The van der Waals surface area contributed by atoms with Crippen molar-refractivity contribution in [2.75, 3.05) is 0 Å². The summed E-state index contributed by atoms with van der Waals surface area (Å²) in [5.41, 5.74) is 4.85. The molecule has 0 aliphatic heterocycles. The maximum absolute atomic E-state index is 12.3. The lowest BCUT2D eigenvalue weighted by atomic mass is 10.1. The molecular weight excluding hydrogens is 332 g/mol. The van der Waals surface area contributed by atoms with Gasteiger partial charge in [0, 0.05) is 23.7 Å². The van der Waals surface area contributed by atoms with Crippen molar-refractivity contribution >= 4 is 28.3 Å². The van der Waals surface area contributed by atoms with Gasteiger partial charge in [0.1, 0.15) is 6.54 Å². The summed E-state index contributed by atoms with van der Waals surface area (Å²) in [6, 6.07) is 13.7. The van der Waals surface area contributed by atoms with Crippen LogP contribution in [0.3, 0.4) is 0 Å². The number of thiophene rings is 1. The van der Waals surface area contributed by atoms with Crippen molar-refractivity contribution in [3.8, 4) is 11.3 Å². The van der Waals surface area contributed by atoms with E-state index in [4.69, 9.17) is 0 Å². The van der Waals surface area contributed by atoms with Crippen LogP contribution in [0.25, 0.3) is 22.3 Å². The fourth-order valence-electron chi connectivity index (χ4n) is 2.78. The Morgan fingerprint density at radius 3 is 2.92 bits per heavy atom. The number of carbonyl (C=O) groups is 1. The van der Waals surface area contributed by atoms with Crippen molar-refractivity contribution < 1.29 is 4.79 Å². The van der Waals surface area contributed by atoms with Gasteiger partial charge in [-0.1, -0.05) is 18.2 Å². The fraction of sp³-hybridized carbons (Fsp3) is 0.105. The number of amides is 1. The van der Waals surface area contributed by atoms with Crippen molar-refractivity contribution in [1.29, 1.82) is 0 Å². The van der Waals surface area contributed by atoms with Crippen molar-refractivity contribution in [2.24, 2.45) is 0 Å². The molecule has 4 rings (SSSR count). The molecule has 0 saturated heterocycles. The highest BCUT2D eigenvalue weighted by Gasteiger charge is 2.10. The topological polar surface area (TPSA) is 59.8 Å². The molecule has 3 heterocycles. The molecule has 3 aromatic heterocycles. The predicted molar refractivity (Wildman–Crippen MR) is 99.1 cm³/mol. The lowest BCUT2D eigenvalue weighted by molar-refractivity contribution is -0.121. The number of hydrogen-bond acceptors (Lipinski definition) is 4. The Morgan fingerprint density at radius 2 is 2.04 bits per heavy atom. The van der Waals surface area contributed by atoms with E-state index in [1.807, 2.05) is 52.4 Å². The van der Waals surface area contributed by atoms with Crippen LogP contribution in [0.2, 0.25) is 0 Å². The third kappa shape index (κ3) is 3.29. The summed E-state index contributed by atoms with van der Waals surface area (Å²) in [6.45, 7) is 0.693. The van der Waals surface area contributed by atoms with E-state index in [0.717, 1.165) is 27.9 Å². The first-order valence-electron chi connectivity index (χ1n) is 7.94. The molecule has 0 spiro atoms. The molecule has 1 aromatic carbocycles. The zero-order valence-electron chi connectivity index (χ0n) is 13.4. The number of fused-ring (bicyclic) bond motifs is 1. The zero-order chi connectivity index (χ0) is 17.1. The van der Waals surface area contributed by atoms with Crippen LogP contribution in [0.15, 0.2) is 65.7 Å². The second-order valence-electron chi connectivity index (χ2n) is 5.66. The maximum atomic E-state index is 12.3. The third-order valence-electron chi connectivity index (χ3n) is 4.00. The number of para-hydroxylation sites is 2. The number of rotatable bonds is 5. The lowest BCUT2D eigenvalue weighted by Crippen LogP contribution is -2.27. The molecule has 0 fully saturated rings. The molecule has 0 saturated carbocycles. The van der Waals surface area contributed by atoms with Gasteiger partial charge in [-0.15, -0.1) is 0 Å². The fourth-order valence-corrected chi connectivity index (χ4v) is 3.42. The van der Waals surface area contributed by atoms with Crippen LogP contribution in [0.1, 0.15) is 5.56 Å². The number of pyridine rings is 1. The number of hydrogen-bond donors (Lipinski definition) is 1. The number of imidazole rings is 1. The van der Waals surface area contributed by atoms with Crippen LogP contribution >= 0.6 is 11.3 Å². The van der Waals surface area contributed by atoms with E-state index in [9.17, 15) is 4.79 Å². The van der Waals surface area contributed by atoms with E-state index < -0.39 is 0 Å². The molecule has 0 bridgehead atoms. The SMILES string of the molecule is O=C(Cn1cnc2ccccc21)NCc1cccnc1-c1ccsc1. The van der Waals surface area contributed by atoms with E-state index in [1.54, 1.807) is 23.9 Å². The van der Waals surface area contributed by atoms with E-state index in [-0.39, 0.29) is 12.5 Å². The van der Waals surface area contributed by atoms with Crippen LogP contribution in [0.5, 0.6) is 0 Å². The van der Waals surface area contributed by atoms with Crippen LogP contribution in [-0.2, 0) is 17.9 Å². The van der Waals surface area contributed by atoms with Gasteiger partial charge in [-0.25, -0.2) is 4.98 Å². The molecule has 5 nitrogen and oxygen atoms in total. The average molecular weight is 348 g/mol. The lowest BCUT2D eigenvalue weighted by Gasteiger charge is -2.10. The Hall–Kier alpha value is -2.99. The smallest absolute Gasteiger partial charge is 0.240 e. The molecule has 6 heteroatoms. The summed E-state index contributed by atoms with van der Waals surface area (Å²) in [4.78, 5) is 21.1. The molecule has 0 unspecified atom stereocenters. The first kappa shape index (κ1) is 15.5. The molecule has 4 aromatic rings. The van der Waals surface area contributed by atoms with Crippen molar-refractivity contribution in [3.05, 3.63) is 71.3 Å². The first-order valence-corrected chi connectivity index (χ1v) is 8.88. The quantitative estimate of drug-likeness (QED) is 0.601. The van der Waals surface area contributed by atoms with Gasteiger partial charge in [0.15, 0.2) is 0 Å². The number of benzene rings is 1. The molecule has 0 aliphatic rings. The molecule has 1 amide bonds. The second kappa shape index (κ2) is 6.86. The minimum atomic E-state index is -0.0525. The Balaban J connectivity index is 1.46. The molecule has 25 heavy (non-hydrogen) atoms. The van der Waals surface area contributed by atoms with Crippen LogP contribution < -0.4 is 5.32 Å². The Bertz CT molecular complexity index is 1010. The maximum Gasteiger partial charge on any atom is 0.240 e. The van der Waals surface area contributed by atoms with Crippen molar-refractivity contribution in [3.63, 3.8) is 0 Å². The van der Waals surface area contributed by atoms with Crippen molar-refractivity contribution in [1.82, 2.24) is 19.9 Å². The largest absolute Gasteiger partial charge is 0.350 e. The summed E-state index contributed by atoms with van der Waals surface area (Å²) < 4.78 is 1.85. The van der Waals surface area contributed by atoms with Gasteiger partial charge in [-0.3, -0.25) is 9.78 Å². The normalized spacial score (nSPS) is 10.9. The van der Waals surface area contributed by atoms with Gasteiger partial charge in [-0.05, 0) is 35.2 Å². The number of carbonyl (C=O) groups excluding carboxylic acids is 1. The second-order valence-corrected chi connectivity index (χ2v) is 6.44. The monoisotopic (exact) mass is 348 g/mol. The molecule has 0 radical (unpaired) electrons. The van der Waals surface area contributed by atoms with Crippen LogP contribution in [-0.4, -0.2) is 20.4 Å². The zero-order valence-corrected chi connectivity index (χ0v) is 14.2. The highest BCUT2D eigenvalue weighted by Crippen LogP contribution is 2.23. The number of nitrogens with one attached hydrogen (secondary N) is 1. The Kier molecular flexibility index (Phi) is 4.26.